The molecule has 24 heavy (non-hydrogen) atoms. The predicted octanol–water partition coefficient (Wildman–Crippen LogP) is 4.48. The van der Waals surface area contributed by atoms with Crippen molar-refractivity contribution in [3.63, 3.8) is 0 Å². The quantitative estimate of drug-likeness (QED) is 0.659. The first-order chi connectivity index (χ1) is 11.7. The minimum Gasteiger partial charge on any atom is -0.301 e. The fourth-order valence-electron chi connectivity index (χ4n) is 2.34. The third-order valence-corrected chi connectivity index (χ3v) is 3.73. The van der Waals surface area contributed by atoms with Gasteiger partial charge in [-0.2, -0.15) is 0 Å². The van der Waals surface area contributed by atoms with Gasteiger partial charge in [-0.1, -0.05) is 67.8 Å². The van der Waals surface area contributed by atoms with Gasteiger partial charge in [0.05, 0.1) is 11.4 Å². The predicted molar refractivity (Wildman–Crippen MR) is 100 cm³/mol. The lowest BCUT2D eigenvalue weighted by Gasteiger charge is -2.14. The van der Waals surface area contributed by atoms with Gasteiger partial charge < -0.3 is 10.9 Å². The number of hydrogen-bond donors (Lipinski definition) is 2. The number of hydrogen-bond acceptors (Lipinski definition) is 3. The molecule has 0 saturated carbocycles. The van der Waals surface area contributed by atoms with E-state index in [-0.39, 0.29) is 0 Å². The summed E-state index contributed by atoms with van der Waals surface area (Å²) in [7, 11) is 0. The van der Waals surface area contributed by atoms with E-state index >= 15 is 0 Å². The molecule has 0 radical (unpaired) electrons. The summed E-state index contributed by atoms with van der Waals surface area (Å²) in [5.41, 5.74) is 12.1. The summed E-state index contributed by atoms with van der Waals surface area (Å²) in [6.45, 7) is 8.09. The fourth-order valence-corrected chi connectivity index (χ4v) is 2.34. The molecule has 0 fully saturated rings. The minimum absolute atomic E-state index is 0.786. The molecule has 0 aliphatic rings. The number of benzene rings is 2. The van der Waals surface area contributed by atoms with Gasteiger partial charge in [0.2, 0.25) is 0 Å². The first kappa shape index (κ1) is 15.6. The smallest absolute Gasteiger partial charge is 0.0540 e. The third-order valence-electron chi connectivity index (χ3n) is 3.73. The SMILES string of the molecule is C=C(NNC(=C)c1ccc(-c2ccncc2)cc1)c1ccccc1. The Morgan fingerprint density at radius 3 is 1.71 bits per heavy atom. The fraction of sp³-hybridized carbons (Fsp3) is 0. The molecule has 0 bridgehead atoms. The maximum atomic E-state index is 4.07. The van der Waals surface area contributed by atoms with Gasteiger partial charge in [-0.05, 0) is 34.4 Å². The number of hydrazine groups is 1. The van der Waals surface area contributed by atoms with Crippen molar-refractivity contribution in [2.75, 3.05) is 0 Å². The van der Waals surface area contributed by atoms with E-state index in [1.54, 1.807) is 12.4 Å². The highest BCUT2D eigenvalue weighted by Gasteiger charge is 2.02. The monoisotopic (exact) mass is 313 g/mol. The van der Waals surface area contributed by atoms with E-state index in [1.165, 1.54) is 0 Å². The molecule has 0 spiro atoms. The Morgan fingerprint density at radius 1 is 0.625 bits per heavy atom. The van der Waals surface area contributed by atoms with E-state index in [0.29, 0.717) is 0 Å². The summed E-state index contributed by atoms with van der Waals surface area (Å²) >= 11 is 0. The summed E-state index contributed by atoms with van der Waals surface area (Å²) < 4.78 is 0. The lowest BCUT2D eigenvalue weighted by atomic mass is 10.0. The van der Waals surface area contributed by atoms with Crippen LogP contribution in [0.25, 0.3) is 22.5 Å². The summed E-state index contributed by atoms with van der Waals surface area (Å²) in [5.74, 6) is 0. The molecule has 2 aromatic carbocycles. The number of pyridine rings is 1. The van der Waals surface area contributed by atoms with Crippen LogP contribution in [0, 0.1) is 0 Å². The Hall–Kier alpha value is -3.33. The molecule has 0 amide bonds. The largest absolute Gasteiger partial charge is 0.301 e. The zero-order valence-electron chi connectivity index (χ0n) is 13.4. The van der Waals surface area contributed by atoms with Crippen LogP contribution >= 0.6 is 0 Å². The zero-order chi connectivity index (χ0) is 16.8. The molecular formula is C21H19N3. The van der Waals surface area contributed by atoms with Crippen molar-refractivity contribution in [3.8, 4) is 11.1 Å². The summed E-state index contributed by atoms with van der Waals surface area (Å²) in [4.78, 5) is 4.04. The molecule has 0 atom stereocenters. The molecule has 0 unspecified atom stereocenters. The summed E-state index contributed by atoms with van der Waals surface area (Å²) in [5, 5.41) is 0. The van der Waals surface area contributed by atoms with Crippen LogP contribution in [0.3, 0.4) is 0 Å². The van der Waals surface area contributed by atoms with Crippen LogP contribution in [-0.2, 0) is 0 Å². The van der Waals surface area contributed by atoms with Crippen LogP contribution in [0.1, 0.15) is 11.1 Å². The molecule has 118 valence electrons. The molecule has 0 aliphatic heterocycles. The Morgan fingerprint density at radius 2 is 1.12 bits per heavy atom. The lowest BCUT2D eigenvalue weighted by Crippen LogP contribution is -2.27. The van der Waals surface area contributed by atoms with E-state index in [0.717, 1.165) is 33.6 Å². The topological polar surface area (TPSA) is 37.0 Å². The second-order valence-corrected chi connectivity index (χ2v) is 5.39. The van der Waals surface area contributed by atoms with E-state index in [9.17, 15) is 0 Å². The van der Waals surface area contributed by atoms with Gasteiger partial charge in [0, 0.05) is 12.4 Å². The number of rotatable bonds is 6. The third kappa shape index (κ3) is 3.70. The molecule has 3 heteroatoms. The molecule has 3 nitrogen and oxygen atoms in total. The normalized spacial score (nSPS) is 10.0. The highest BCUT2D eigenvalue weighted by Crippen LogP contribution is 2.20. The molecule has 2 N–H and O–H groups in total. The van der Waals surface area contributed by atoms with Gasteiger partial charge in [-0.15, -0.1) is 0 Å². The second-order valence-electron chi connectivity index (χ2n) is 5.39. The van der Waals surface area contributed by atoms with Crippen LogP contribution < -0.4 is 10.9 Å². The standard InChI is InChI=1S/C21H19N3/c1-16(18-6-4-3-5-7-18)23-24-17(2)19-8-10-20(11-9-19)21-12-14-22-15-13-21/h3-15,23-24H,1-2H2. The van der Waals surface area contributed by atoms with Crippen molar-refractivity contribution in [1.29, 1.82) is 0 Å². The van der Waals surface area contributed by atoms with Gasteiger partial charge in [-0.3, -0.25) is 4.98 Å². The number of aromatic nitrogens is 1. The molecular weight excluding hydrogens is 294 g/mol. The van der Waals surface area contributed by atoms with Crippen molar-refractivity contribution >= 4 is 11.4 Å². The number of nitrogens with one attached hydrogen (secondary N) is 2. The van der Waals surface area contributed by atoms with Gasteiger partial charge in [0.25, 0.3) is 0 Å². The minimum atomic E-state index is 0.786. The molecule has 0 saturated heterocycles. The maximum Gasteiger partial charge on any atom is 0.0540 e. The highest BCUT2D eigenvalue weighted by atomic mass is 15.4. The first-order valence-electron chi connectivity index (χ1n) is 7.70. The molecule has 3 rings (SSSR count). The first-order valence-corrected chi connectivity index (χ1v) is 7.70. The van der Waals surface area contributed by atoms with Gasteiger partial charge in [-0.25, -0.2) is 0 Å². The van der Waals surface area contributed by atoms with E-state index < -0.39 is 0 Å². The maximum absolute atomic E-state index is 4.07. The van der Waals surface area contributed by atoms with Gasteiger partial charge >= 0.3 is 0 Å². The summed E-state index contributed by atoms with van der Waals surface area (Å²) in [6, 6.07) is 22.2. The summed E-state index contributed by atoms with van der Waals surface area (Å²) in [6.07, 6.45) is 3.59. The van der Waals surface area contributed by atoms with E-state index in [1.807, 2.05) is 54.6 Å². The Labute approximate surface area is 142 Å². The van der Waals surface area contributed by atoms with Crippen LogP contribution in [0.5, 0.6) is 0 Å². The zero-order valence-corrected chi connectivity index (χ0v) is 13.4. The van der Waals surface area contributed by atoms with Crippen LogP contribution in [0.15, 0.2) is 92.3 Å². The van der Waals surface area contributed by atoms with Crippen molar-refractivity contribution in [1.82, 2.24) is 15.8 Å². The van der Waals surface area contributed by atoms with Gasteiger partial charge in [0.15, 0.2) is 0 Å². The van der Waals surface area contributed by atoms with E-state index in [4.69, 9.17) is 0 Å². The Kier molecular flexibility index (Phi) is 4.73. The number of nitrogens with zero attached hydrogens (tertiary/aromatic N) is 1. The van der Waals surface area contributed by atoms with Crippen LogP contribution in [0.2, 0.25) is 0 Å². The second kappa shape index (κ2) is 7.29. The Balaban J connectivity index is 1.62. The van der Waals surface area contributed by atoms with Crippen molar-refractivity contribution in [2.24, 2.45) is 0 Å². The molecule has 3 aromatic rings. The highest BCUT2D eigenvalue weighted by molar-refractivity contribution is 5.69. The lowest BCUT2D eigenvalue weighted by molar-refractivity contribution is 0.819. The molecule has 1 heterocycles. The van der Waals surface area contributed by atoms with Crippen LogP contribution in [0.4, 0.5) is 0 Å². The Bertz CT molecular complexity index is 822. The molecule has 1 aromatic heterocycles. The van der Waals surface area contributed by atoms with Gasteiger partial charge in [0.1, 0.15) is 0 Å². The van der Waals surface area contributed by atoms with Crippen molar-refractivity contribution in [3.05, 3.63) is 103 Å². The average molecular weight is 313 g/mol. The van der Waals surface area contributed by atoms with Crippen molar-refractivity contribution in [2.45, 2.75) is 0 Å². The molecule has 0 aliphatic carbocycles. The van der Waals surface area contributed by atoms with Crippen LogP contribution in [-0.4, -0.2) is 4.98 Å². The van der Waals surface area contributed by atoms with Crippen molar-refractivity contribution < 1.29 is 0 Å². The van der Waals surface area contributed by atoms with E-state index in [2.05, 4.69) is 41.1 Å². The average Bonchev–Trinajstić information content (AvgIpc) is 2.67.